The number of hydrogen-bond donors (Lipinski definition) is 9. The molecule has 208 valence electrons. The first kappa shape index (κ1) is 39.8. The number of amides is 1. The lowest BCUT2D eigenvalue weighted by molar-refractivity contribution is -0.138. The largest absolute Gasteiger partial charge is 0.480 e. The van der Waals surface area contributed by atoms with Crippen molar-refractivity contribution >= 4 is 11.9 Å². The van der Waals surface area contributed by atoms with Crippen molar-refractivity contribution < 1.29 is 20.2 Å². The van der Waals surface area contributed by atoms with Gasteiger partial charge >= 0.3 is 5.97 Å². The van der Waals surface area contributed by atoms with Gasteiger partial charge in [0.2, 0.25) is 5.91 Å². The highest BCUT2D eigenvalue weighted by atomic mass is 16.4. The summed E-state index contributed by atoms with van der Waals surface area (Å²) in [5, 5.41) is 11.2. The summed E-state index contributed by atoms with van der Waals surface area (Å²) in [4.78, 5) is 21.6. The Morgan fingerprint density at radius 3 is 1.32 bits per heavy atom. The highest BCUT2D eigenvalue weighted by Gasteiger charge is 2.11. The quantitative estimate of drug-likeness (QED) is 0.0928. The SMILES string of the molecule is NCCCCC(N)C(=O)O.NCCCCCN.NCCCCCNC(=O)C(N)CCCCN.O. The maximum atomic E-state index is 11.5. The van der Waals surface area contributed by atoms with Crippen molar-refractivity contribution in [3.8, 4) is 0 Å². The molecular weight excluding hydrogens is 440 g/mol. The fourth-order valence-corrected chi connectivity index (χ4v) is 2.53. The van der Waals surface area contributed by atoms with Crippen molar-refractivity contribution in [3.05, 3.63) is 0 Å². The van der Waals surface area contributed by atoms with Crippen LogP contribution in [0.4, 0.5) is 0 Å². The molecule has 0 fully saturated rings. The number of carbonyl (C=O) groups is 2. The summed E-state index contributed by atoms with van der Waals surface area (Å²) in [5.74, 6) is -0.984. The Morgan fingerprint density at radius 1 is 0.588 bits per heavy atom. The first-order chi connectivity index (χ1) is 15.8. The Kier molecular flexibility index (Phi) is 39.6. The monoisotopic (exact) mass is 496 g/mol. The van der Waals surface area contributed by atoms with E-state index in [4.69, 9.17) is 45.2 Å². The second-order valence-electron chi connectivity index (χ2n) is 7.90. The second kappa shape index (κ2) is 33.8. The summed E-state index contributed by atoms with van der Waals surface area (Å²) in [6, 6.07) is -1.10. The third-order valence-corrected chi connectivity index (χ3v) is 4.68. The summed E-state index contributed by atoms with van der Waals surface area (Å²) in [6.45, 7) is 4.29. The first-order valence-corrected chi connectivity index (χ1v) is 12.3. The standard InChI is InChI=1S/C11H26N4O.C6H14N2O2.C5H14N2.H2O/c12-7-3-1-5-9-15-11(16)10(14)6-2-4-8-13;7-4-2-1-3-5(8)6(9)10;6-4-2-1-3-5-7;/h10H,1-9,12-14H2,(H,15,16);5H,1-4,7-8H2,(H,9,10);1-7H2;1H2. The maximum Gasteiger partial charge on any atom is 0.320 e. The third-order valence-electron chi connectivity index (χ3n) is 4.68. The van der Waals surface area contributed by atoms with Crippen LogP contribution in [0.1, 0.15) is 77.0 Å². The molecule has 0 aromatic heterocycles. The number of carboxylic acid groups (broad SMARTS) is 1. The van der Waals surface area contributed by atoms with E-state index in [2.05, 4.69) is 5.32 Å². The Hall–Kier alpha value is -1.38. The number of carbonyl (C=O) groups excluding carboxylic acids is 1. The molecule has 0 bridgehead atoms. The summed E-state index contributed by atoms with van der Waals surface area (Å²) in [6.07, 6.45) is 11.2. The number of rotatable bonds is 19. The maximum absolute atomic E-state index is 11.5. The molecule has 0 radical (unpaired) electrons. The zero-order valence-electron chi connectivity index (χ0n) is 21.2. The summed E-state index contributed by atoms with van der Waals surface area (Å²) < 4.78 is 0. The average molecular weight is 497 g/mol. The van der Waals surface area contributed by atoms with Gasteiger partial charge in [-0.2, -0.15) is 0 Å². The lowest BCUT2D eigenvalue weighted by Crippen LogP contribution is -2.40. The molecule has 0 rings (SSSR count). The molecule has 2 atom stereocenters. The molecule has 2 unspecified atom stereocenters. The lowest BCUT2D eigenvalue weighted by Gasteiger charge is -2.11. The number of aliphatic carboxylic acids is 1. The molecule has 0 spiro atoms. The van der Waals surface area contributed by atoms with E-state index in [9.17, 15) is 9.59 Å². The molecule has 0 aliphatic carbocycles. The Bertz CT molecular complexity index is 416. The second-order valence-corrected chi connectivity index (χ2v) is 7.90. The molecule has 34 heavy (non-hydrogen) atoms. The minimum Gasteiger partial charge on any atom is -0.480 e. The molecule has 12 nitrogen and oxygen atoms in total. The molecular formula is C22H56N8O4. The molecule has 0 heterocycles. The zero-order valence-corrected chi connectivity index (χ0v) is 21.2. The van der Waals surface area contributed by atoms with Gasteiger partial charge in [0.15, 0.2) is 0 Å². The average Bonchev–Trinajstić information content (AvgIpc) is 2.80. The van der Waals surface area contributed by atoms with Crippen LogP contribution in [0.2, 0.25) is 0 Å². The number of unbranched alkanes of at least 4 members (excludes halogenated alkanes) is 6. The van der Waals surface area contributed by atoms with Crippen molar-refractivity contribution in [2.75, 3.05) is 39.3 Å². The first-order valence-electron chi connectivity index (χ1n) is 12.3. The van der Waals surface area contributed by atoms with Gasteiger partial charge in [-0.15, -0.1) is 0 Å². The fraction of sp³-hybridized carbons (Fsp3) is 0.909. The van der Waals surface area contributed by atoms with Gasteiger partial charge in [-0.3, -0.25) is 9.59 Å². The van der Waals surface area contributed by atoms with Gasteiger partial charge in [-0.1, -0.05) is 25.7 Å². The molecule has 1 amide bonds. The predicted octanol–water partition coefficient (Wildman–Crippen LogP) is -1.54. The molecule has 0 saturated carbocycles. The number of hydrogen-bond acceptors (Lipinski definition) is 9. The van der Waals surface area contributed by atoms with E-state index in [1.807, 2.05) is 0 Å². The van der Waals surface area contributed by atoms with Gasteiger partial charge in [0.25, 0.3) is 0 Å². The van der Waals surface area contributed by atoms with Crippen LogP contribution in [-0.2, 0) is 9.59 Å². The molecule has 0 saturated heterocycles. The zero-order chi connectivity index (χ0) is 25.7. The van der Waals surface area contributed by atoms with Crippen molar-refractivity contribution in [2.45, 2.75) is 89.1 Å². The van der Waals surface area contributed by atoms with Crippen LogP contribution in [0.3, 0.4) is 0 Å². The normalized spacial score (nSPS) is 11.6. The van der Waals surface area contributed by atoms with Crippen LogP contribution < -0.4 is 45.5 Å². The third kappa shape index (κ3) is 35.2. The van der Waals surface area contributed by atoms with Crippen molar-refractivity contribution in [1.82, 2.24) is 5.32 Å². The van der Waals surface area contributed by atoms with E-state index in [1.165, 1.54) is 6.42 Å². The lowest BCUT2D eigenvalue weighted by atomic mass is 10.1. The van der Waals surface area contributed by atoms with Crippen LogP contribution in [0, 0.1) is 0 Å². The fourth-order valence-electron chi connectivity index (χ4n) is 2.53. The van der Waals surface area contributed by atoms with E-state index in [0.29, 0.717) is 39.0 Å². The number of nitrogens with one attached hydrogen (secondary N) is 1. The van der Waals surface area contributed by atoms with Crippen molar-refractivity contribution in [2.24, 2.45) is 40.1 Å². The molecule has 12 heteroatoms. The molecule has 0 aliphatic heterocycles. The van der Waals surface area contributed by atoms with Crippen LogP contribution in [0.15, 0.2) is 0 Å². The van der Waals surface area contributed by atoms with Crippen molar-refractivity contribution in [3.63, 3.8) is 0 Å². The van der Waals surface area contributed by atoms with E-state index >= 15 is 0 Å². The smallest absolute Gasteiger partial charge is 0.320 e. The number of carboxylic acids is 1. The van der Waals surface area contributed by atoms with Crippen molar-refractivity contribution in [1.29, 1.82) is 0 Å². The van der Waals surface area contributed by atoms with Crippen LogP contribution in [-0.4, -0.2) is 73.8 Å². The molecule has 0 aromatic carbocycles. The summed E-state index contributed by atoms with van der Waals surface area (Å²) in [7, 11) is 0. The van der Waals surface area contributed by atoms with Gasteiger partial charge in [0.05, 0.1) is 6.04 Å². The van der Waals surface area contributed by atoms with Gasteiger partial charge in [0, 0.05) is 6.54 Å². The summed E-state index contributed by atoms with van der Waals surface area (Å²) in [5.41, 5.74) is 37.3. The molecule has 0 aliphatic rings. The predicted molar refractivity (Wildman–Crippen MR) is 141 cm³/mol. The Labute approximate surface area is 206 Å². The van der Waals surface area contributed by atoms with E-state index in [0.717, 1.165) is 70.9 Å². The summed E-state index contributed by atoms with van der Waals surface area (Å²) >= 11 is 0. The van der Waals surface area contributed by atoms with Gasteiger partial charge in [0.1, 0.15) is 6.04 Å². The van der Waals surface area contributed by atoms with E-state index in [1.54, 1.807) is 0 Å². The van der Waals surface area contributed by atoms with Crippen LogP contribution in [0.5, 0.6) is 0 Å². The molecule has 18 N–H and O–H groups in total. The minimum atomic E-state index is -0.933. The topological polar surface area (TPSA) is 280 Å². The molecule has 0 aromatic rings. The van der Waals surface area contributed by atoms with Gasteiger partial charge < -0.3 is 56.0 Å². The highest BCUT2D eigenvalue weighted by molar-refractivity contribution is 5.81. The van der Waals surface area contributed by atoms with Crippen LogP contribution in [0.25, 0.3) is 0 Å². The Morgan fingerprint density at radius 2 is 0.941 bits per heavy atom. The highest BCUT2D eigenvalue weighted by Crippen LogP contribution is 1.99. The van der Waals surface area contributed by atoms with E-state index in [-0.39, 0.29) is 17.4 Å². The number of nitrogens with two attached hydrogens (primary N) is 7. The van der Waals surface area contributed by atoms with Gasteiger partial charge in [-0.05, 0) is 84.1 Å². The van der Waals surface area contributed by atoms with Gasteiger partial charge in [-0.25, -0.2) is 0 Å². The van der Waals surface area contributed by atoms with Crippen LogP contribution >= 0.6 is 0 Å². The van der Waals surface area contributed by atoms with E-state index < -0.39 is 12.0 Å². The minimum absolute atomic E-state index is 0. The Balaban J connectivity index is -0.000000215.